The number of nitrogens with one attached hydrogen (secondary N) is 2. The van der Waals surface area contributed by atoms with E-state index in [0.717, 1.165) is 25.9 Å². The Morgan fingerprint density at radius 1 is 1.29 bits per heavy atom. The molecule has 2 rings (SSSR count). The van der Waals surface area contributed by atoms with Gasteiger partial charge in [-0.15, -0.1) is 12.4 Å². The van der Waals surface area contributed by atoms with Gasteiger partial charge in [0.15, 0.2) is 0 Å². The van der Waals surface area contributed by atoms with E-state index in [1.54, 1.807) is 6.92 Å². The molecule has 2 N–H and O–H groups in total. The maximum atomic E-state index is 12.3. The molecule has 3 atom stereocenters. The van der Waals surface area contributed by atoms with Gasteiger partial charge in [0, 0.05) is 19.6 Å². The van der Waals surface area contributed by atoms with Gasteiger partial charge in [0.2, 0.25) is 11.8 Å². The highest BCUT2D eigenvalue weighted by molar-refractivity contribution is 5.89. The molecule has 7 heteroatoms. The van der Waals surface area contributed by atoms with Crippen molar-refractivity contribution in [2.45, 2.75) is 51.3 Å². The van der Waals surface area contributed by atoms with Gasteiger partial charge in [-0.2, -0.15) is 0 Å². The second-order valence-corrected chi connectivity index (χ2v) is 5.62. The third-order valence-corrected chi connectivity index (χ3v) is 4.00. The lowest BCUT2D eigenvalue weighted by Gasteiger charge is -2.32. The molecule has 0 bridgehead atoms. The smallest absolute Gasteiger partial charge is 0.244 e. The molecule has 2 fully saturated rings. The first kappa shape index (κ1) is 18.2. The third kappa shape index (κ3) is 4.83. The van der Waals surface area contributed by atoms with Crippen molar-refractivity contribution in [3.8, 4) is 0 Å². The van der Waals surface area contributed by atoms with E-state index in [1.807, 2.05) is 11.8 Å². The number of halogens is 1. The summed E-state index contributed by atoms with van der Waals surface area (Å²) in [6.45, 7) is 6.52. The fourth-order valence-electron chi connectivity index (χ4n) is 2.78. The fourth-order valence-corrected chi connectivity index (χ4v) is 2.78. The van der Waals surface area contributed by atoms with E-state index in [0.29, 0.717) is 13.2 Å². The summed E-state index contributed by atoms with van der Waals surface area (Å²) >= 11 is 0. The van der Waals surface area contributed by atoms with E-state index in [1.165, 1.54) is 6.42 Å². The molecule has 0 radical (unpaired) electrons. The Morgan fingerprint density at radius 3 is 2.57 bits per heavy atom. The molecule has 2 aliphatic rings. The zero-order valence-electron chi connectivity index (χ0n) is 12.8. The largest absolute Gasteiger partial charge is 0.375 e. The monoisotopic (exact) mass is 319 g/mol. The summed E-state index contributed by atoms with van der Waals surface area (Å²) in [5, 5.41) is 5.93. The number of carbonyl (C=O) groups is 2. The number of piperidine rings is 1. The van der Waals surface area contributed by atoms with Crippen molar-refractivity contribution in [2.75, 3.05) is 26.2 Å². The number of likely N-dealkylation sites (tertiary alicyclic amines) is 1. The number of hydrogen-bond donors (Lipinski definition) is 2. The molecule has 2 saturated heterocycles. The fraction of sp³-hybridized carbons (Fsp3) is 0.857. The van der Waals surface area contributed by atoms with Crippen LogP contribution in [0.1, 0.15) is 33.1 Å². The zero-order valence-corrected chi connectivity index (χ0v) is 13.6. The minimum atomic E-state index is -0.475. The molecule has 0 spiro atoms. The molecular weight excluding hydrogens is 294 g/mol. The zero-order chi connectivity index (χ0) is 14.5. The molecule has 21 heavy (non-hydrogen) atoms. The number of ether oxygens (including phenoxy) is 1. The summed E-state index contributed by atoms with van der Waals surface area (Å²) in [6, 6.07) is -0.850. The molecular formula is C14H26ClN3O3. The first-order valence-corrected chi connectivity index (χ1v) is 7.53. The lowest BCUT2D eigenvalue weighted by atomic mass is 10.1. The number of amides is 2. The number of rotatable bonds is 3. The molecule has 2 aliphatic heterocycles. The van der Waals surface area contributed by atoms with Gasteiger partial charge in [0.05, 0.1) is 12.7 Å². The summed E-state index contributed by atoms with van der Waals surface area (Å²) in [7, 11) is 0. The number of carbonyl (C=O) groups excluding carboxylic acids is 2. The van der Waals surface area contributed by atoms with Crippen LogP contribution in [0.2, 0.25) is 0 Å². The van der Waals surface area contributed by atoms with E-state index < -0.39 is 6.04 Å². The van der Waals surface area contributed by atoms with Crippen molar-refractivity contribution in [2.24, 2.45) is 0 Å². The first-order valence-electron chi connectivity index (χ1n) is 7.53. The Bertz CT molecular complexity index is 361. The van der Waals surface area contributed by atoms with Crippen LogP contribution in [0.25, 0.3) is 0 Å². The highest BCUT2D eigenvalue weighted by Crippen LogP contribution is 2.10. The molecule has 2 heterocycles. The van der Waals surface area contributed by atoms with Crippen LogP contribution >= 0.6 is 12.4 Å². The number of morpholine rings is 1. The van der Waals surface area contributed by atoms with E-state index in [-0.39, 0.29) is 36.4 Å². The summed E-state index contributed by atoms with van der Waals surface area (Å²) in [4.78, 5) is 26.3. The summed E-state index contributed by atoms with van der Waals surface area (Å²) in [5.41, 5.74) is 0. The van der Waals surface area contributed by atoms with Gasteiger partial charge in [0.1, 0.15) is 12.1 Å². The summed E-state index contributed by atoms with van der Waals surface area (Å²) in [5.74, 6) is -0.141. The Labute approximate surface area is 132 Å². The SMILES string of the molecule is CC(NC(=O)[C@H]1NCCO[C@@H]1C)C(=O)N1CCCCC1.Cl. The Kier molecular flexibility index (Phi) is 7.42. The van der Waals surface area contributed by atoms with Gasteiger partial charge in [-0.3, -0.25) is 9.59 Å². The van der Waals surface area contributed by atoms with Gasteiger partial charge in [0.25, 0.3) is 0 Å². The highest BCUT2D eigenvalue weighted by Gasteiger charge is 2.31. The van der Waals surface area contributed by atoms with Crippen LogP contribution in [0.3, 0.4) is 0 Å². The van der Waals surface area contributed by atoms with E-state index in [2.05, 4.69) is 10.6 Å². The van der Waals surface area contributed by atoms with Crippen molar-refractivity contribution in [3.63, 3.8) is 0 Å². The second-order valence-electron chi connectivity index (χ2n) is 5.62. The molecule has 2 amide bonds. The lowest BCUT2D eigenvalue weighted by molar-refractivity contribution is -0.138. The Hall–Kier alpha value is -0.850. The third-order valence-electron chi connectivity index (χ3n) is 4.00. The highest BCUT2D eigenvalue weighted by atomic mass is 35.5. The maximum Gasteiger partial charge on any atom is 0.244 e. The van der Waals surface area contributed by atoms with Gasteiger partial charge in [-0.25, -0.2) is 0 Å². The number of hydrogen-bond acceptors (Lipinski definition) is 4. The Morgan fingerprint density at radius 2 is 1.95 bits per heavy atom. The second kappa shape index (κ2) is 8.56. The van der Waals surface area contributed by atoms with E-state index >= 15 is 0 Å². The van der Waals surface area contributed by atoms with Crippen LogP contribution in [-0.2, 0) is 14.3 Å². The van der Waals surface area contributed by atoms with Gasteiger partial charge < -0.3 is 20.3 Å². The maximum absolute atomic E-state index is 12.3. The average Bonchev–Trinajstić information content (AvgIpc) is 2.47. The van der Waals surface area contributed by atoms with Crippen LogP contribution in [0.5, 0.6) is 0 Å². The molecule has 1 unspecified atom stereocenters. The van der Waals surface area contributed by atoms with Gasteiger partial charge in [-0.05, 0) is 33.1 Å². The van der Waals surface area contributed by atoms with E-state index in [4.69, 9.17) is 4.74 Å². The minimum absolute atomic E-state index is 0. The molecule has 0 aliphatic carbocycles. The van der Waals surface area contributed by atoms with Crippen LogP contribution in [-0.4, -0.2) is 61.1 Å². The number of nitrogens with zero attached hydrogens (tertiary/aromatic N) is 1. The molecule has 0 saturated carbocycles. The molecule has 0 aromatic carbocycles. The summed E-state index contributed by atoms with van der Waals surface area (Å²) in [6.07, 6.45) is 3.13. The molecule has 0 aromatic heterocycles. The van der Waals surface area contributed by atoms with E-state index in [9.17, 15) is 9.59 Å². The van der Waals surface area contributed by atoms with Crippen molar-refractivity contribution in [1.82, 2.24) is 15.5 Å². The predicted molar refractivity (Wildman–Crippen MR) is 82.5 cm³/mol. The summed E-state index contributed by atoms with van der Waals surface area (Å²) < 4.78 is 5.45. The standard InChI is InChI=1S/C14H25N3O3.ClH/c1-10(14(19)17-7-4-3-5-8-17)16-13(18)12-11(2)20-9-6-15-12;/h10-12,15H,3-9H2,1-2H3,(H,16,18);1H/t10?,11-,12+;/m1./s1. The van der Waals surface area contributed by atoms with Crippen molar-refractivity contribution in [1.29, 1.82) is 0 Å². The van der Waals surface area contributed by atoms with Crippen LogP contribution in [0.4, 0.5) is 0 Å². The molecule has 6 nitrogen and oxygen atoms in total. The van der Waals surface area contributed by atoms with Crippen LogP contribution in [0.15, 0.2) is 0 Å². The average molecular weight is 320 g/mol. The van der Waals surface area contributed by atoms with Crippen molar-refractivity contribution >= 4 is 24.2 Å². The normalized spacial score (nSPS) is 27.4. The topological polar surface area (TPSA) is 70.7 Å². The lowest BCUT2D eigenvalue weighted by Crippen LogP contribution is -2.58. The Balaban J connectivity index is 0.00000220. The predicted octanol–water partition coefficient (Wildman–Crippen LogP) is 0.302. The van der Waals surface area contributed by atoms with Crippen molar-refractivity contribution < 1.29 is 14.3 Å². The van der Waals surface area contributed by atoms with Crippen LogP contribution in [0, 0.1) is 0 Å². The van der Waals surface area contributed by atoms with Crippen molar-refractivity contribution in [3.05, 3.63) is 0 Å². The quantitative estimate of drug-likeness (QED) is 0.785. The van der Waals surface area contributed by atoms with Gasteiger partial charge >= 0.3 is 0 Å². The van der Waals surface area contributed by atoms with Crippen LogP contribution < -0.4 is 10.6 Å². The molecule has 122 valence electrons. The first-order chi connectivity index (χ1) is 9.59. The van der Waals surface area contributed by atoms with Gasteiger partial charge in [-0.1, -0.05) is 0 Å². The molecule has 0 aromatic rings. The minimum Gasteiger partial charge on any atom is -0.375 e.